The molecule has 3 fully saturated rings. The van der Waals surface area contributed by atoms with Crippen LogP contribution in [0.2, 0.25) is 5.15 Å². The van der Waals surface area contributed by atoms with Crippen molar-refractivity contribution in [2.45, 2.75) is 116 Å². The second-order valence-corrected chi connectivity index (χ2v) is 19.8. The van der Waals surface area contributed by atoms with Gasteiger partial charge in [-0.05, 0) is 44.6 Å². The smallest absolute Gasteiger partial charge is 0.351 e. The largest absolute Gasteiger partial charge is 0.438 e. The predicted molar refractivity (Wildman–Crippen MR) is 192 cm³/mol. The topological polar surface area (TPSA) is 204 Å². The van der Waals surface area contributed by atoms with Crippen LogP contribution in [0.4, 0.5) is 5.69 Å². The average Bonchev–Trinajstić information content (AvgIpc) is 3.81. The molecule has 53 heavy (non-hydrogen) atoms. The zero-order chi connectivity index (χ0) is 38.7. The van der Waals surface area contributed by atoms with Crippen LogP contribution in [-0.4, -0.2) is 84.9 Å². The van der Waals surface area contributed by atoms with E-state index in [0.717, 1.165) is 25.7 Å². The Balaban J connectivity index is 1.37. The first-order chi connectivity index (χ1) is 24.9. The van der Waals surface area contributed by atoms with E-state index in [-0.39, 0.29) is 41.4 Å². The Morgan fingerprint density at radius 3 is 2.23 bits per heavy atom. The summed E-state index contributed by atoms with van der Waals surface area (Å²) in [5, 5.41) is 14.1. The Hall–Kier alpha value is -2.81. The number of sulfone groups is 1. The van der Waals surface area contributed by atoms with Gasteiger partial charge in [0, 0.05) is 30.5 Å². The number of nitrogens with zero attached hydrogens (tertiary/aromatic N) is 3. The number of nitrogens with one attached hydrogen (secondary N) is 1. The maximum Gasteiger partial charge on any atom is 0.351 e. The summed E-state index contributed by atoms with van der Waals surface area (Å²) in [5.74, 6) is -3.15. The Morgan fingerprint density at radius 1 is 1.08 bits per heavy atom. The molecule has 1 saturated carbocycles. The molecule has 294 valence electrons. The first-order valence-corrected chi connectivity index (χ1v) is 21.6. The number of esters is 2. The number of hydrogen-bond donors (Lipinski definition) is 1. The van der Waals surface area contributed by atoms with Gasteiger partial charge in [-0.1, -0.05) is 52.1 Å². The number of fused-ring (bicyclic) bond motifs is 2. The lowest BCUT2D eigenvalue weighted by Gasteiger charge is -2.25. The van der Waals surface area contributed by atoms with Crippen LogP contribution in [0, 0.1) is 23.2 Å². The molecule has 0 unspecified atom stereocenters. The highest BCUT2D eigenvalue weighted by Crippen LogP contribution is 2.51. The summed E-state index contributed by atoms with van der Waals surface area (Å²) >= 11 is 6.55. The third kappa shape index (κ3) is 10.5. The molecule has 1 aliphatic carbocycles. The molecule has 0 radical (unpaired) electrons. The zero-order valence-electron chi connectivity index (χ0n) is 30.7. The molecule has 4 atom stereocenters. The fraction of sp³-hybridized carbons (Fsp3) is 0.706. The molecule has 0 amide bonds. The van der Waals surface area contributed by atoms with Crippen LogP contribution in [0.25, 0.3) is 11.0 Å². The lowest BCUT2D eigenvalue weighted by atomic mass is 10.1. The summed E-state index contributed by atoms with van der Waals surface area (Å²) in [6.07, 6.45) is 2.12. The average molecular weight is 803 g/mol. The minimum absolute atomic E-state index is 0.00133. The van der Waals surface area contributed by atoms with Crippen molar-refractivity contribution in [3.05, 3.63) is 23.0 Å². The molecular formula is C34H48ClN4O12PS. The number of halogens is 1. The second-order valence-electron chi connectivity index (χ2n) is 14.9. The Kier molecular flexibility index (Phi) is 13.2. The van der Waals surface area contributed by atoms with E-state index in [4.69, 9.17) is 44.3 Å². The van der Waals surface area contributed by atoms with E-state index in [1.165, 1.54) is 0 Å². The first-order valence-electron chi connectivity index (χ1n) is 17.7. The quantitative estimate of drug-likeness (QED) is 0.0840. The second kappa shape index (κ2) is 16.9. The van der Waals surface area contributed by atoms with Crippen molar-refractivity contribution in [1.82, 2.24) is 9.55 Å². The van der Waals surface area contributed by atoms with E-state index in [0.29, 0.717) is 16.7 Å². The monoisotopic (exact) mass is 802 g/mol. The molecule has 0 aromatic carbocycles. The number of pyridine rings is 1. The van der Waals surface area contributed by atoms with Gasteiger partial charge in [-0.15, -0.1) is 0 Å². The highest BCUT2D eigenvalue weighted by Gasteiger charge is 2.57. The van der Waals surface area contributed by atoms with Crippen molar-refractivity contribution >= 4 is 57.7 Å². The lowest BCUT2D eigenvalue weighted by molar-refractivity contribution is -0.193. The molecular weight excluding hydrogens is 755 g/mol. The van der Waals surface area contributed by atoms with Gasteiger partial charge in [0.1, 0.15) is 35.6 Å². The van der Waals surface area contributed by atoms with Crippen LogP contribution in [0.3, 0.4) is 0 Å². The molecule has 19 heteroatoms. The number of anilines is 1. The van der Waals surface area contributed by atoms with Crippen LogP contribution in [0.1, 0.15) is 91.9 Å². The van der Waals surface area contributed by atoms with Gasteiger partial charge in [-0.25, -0.2) is 13.4 Å². The minimum atomic E-state index is -4.59. The van der Waals surface area contributed by atoms with Crippen molar-refractivity contribution in [3.8, 4) is 6.07 Å². The van der Waals surface area contributed by atoms with Crippen molar-refractivity contribution in [1.29, 1.82) is 5.26 Å². The SMILES string of the molecule is CC(C)CC(=O)OCOP(=O)(CS(=O)(=O)C[C@H]1O[C@@H](n2ccc3c(NC4CCCC4)c(C#N)c(Cl)nc32)[C@@H]2OC(C)(C)O[C@@H]21)OCOC(=O)CC(C)C. The zero-order valence-corrected chi connectivity index (χ0v) is 33.2. The summed E-state index contributed by atoms with van der Waals surface area (Å²) in [4.78, 5) is 28.7. The van der Waals surface area contributed by atoms with Gasteiger partial charge in [0.15, 0.2) is 32.5 Å². The summed E-state index contributed by atoms with van der Waals surface area (Å²) in [7, 11) is -8.95. The molecule has 1 N–H and O–H groups in total. The molecule has 2 saturated heterocycles. The van der Waals surface area contributed by atoms with Crippen LogP contribution >= 0.6 is 19.2 Å². The van der Waals surface area contributed by atoms with Crippen molar-refractivity contribution in [2.24, 2.45) is 11.8 Å². The Morgan fingerprint density at radius 2 is 1.66 bits per heavy atom. The number of rotatable bonds is 17. The van der Waals surface area contributed by atoms with Crippen molar-refractivity contribution < 1.29 is 55.3 Å². The van der Waals surface area contributed by atoms with Crippen molar-refractivity contribution in [2.75, 3.05) is 30.1 Å². The van der Waals surface area contributed by atoms with E-state index in [1.54, 1.807) is 58.4 Å². The first kappa shape index (κ1) is 41.4. The molecule has 2 aromatic rings. The maximum absolute atomic E-state index is 13.8. The summed E-state index contributed by atoms with van der Waals surface area (Å²) in [5.41, 5.74) is 0.0244. The molecule has 3 aliphatic rings. The number of aromatic nitrogens is 2. The van der Waals surface area contributed by atoms with Gasteiger partial charge < -0.3 is 33.6 Å². The van der Waals surface area contributed by atoms with E-state index in [1.807, 2.05) is 0 Å². The molecule has 0 spiro atoms. The predicted octanol–water partition coefficient (Wildman–Crippen LogP) is 6.03. The summed E-state index contributed by atoms with van der Waals surface area (Å²) in [6, 6.07) is 4.11. The van der Waals surface area contributed by atoms with Gasteiger partial charge in [-0.2, -0.15) is 5.26 Å². The van der Waals surface area contributed by atoms with Crippen LogP contribution in [0.15, 0.2) is 12.3 Å². The molecule has 4 heterocycles. The Labute approximate surface area is 314 Å². The van der Waals surface area contributed by atoms with E-state index < -0.39 is 84.5 Å². The van der Waals surface area contributed by atoms with E-state index >= 15 is 0 Å². The molecule has 16 nitrogen and oxygen atoms in total. The fourth-order valence-electron chi connectivity index (χ4n) is 6.67. The summed E-state index contributed by atoms with van der Waals surface area (Å²) in [6.45, 7) is 8.89. The molecule has 5 rings (SSSR count). The third-order valence-electron chi connectivity index (χ3n) is 8.89. The van der Waals surface area contributed by atoms with Crippen LogP contribution < -0.4 is 5.32 Å². The molecule has 2 aromatic heterocycles. The van der Waals surface area contributed by atoms with Crippen LogP contribution in [0.5, 0.6) is 0 Å². The lowest BCUT2D eigenvalue weighted by Crippen LogP contribution is -2.35. The number of ether oxygens (including phenoxy) is 5. The third-order valence-corrected chi connectivity index (χ3v) is 13.8. The molecule has 2 aliphatic heterocycles. The maximum atomic E-state index is 13.8. The highest BCUT2D eigenvalue weighted by molar-refractivity contribution is 7.97. The van der Waals surface area contributed by atoms with E-state index in [9.17, 15) is 27.8 Å². The van der Waals surface area contributed by atoms with E-state index in [2.05, 4.69) is 16.4 Å². The summed E-state index contributed by atoms with van der Waals surface area (Å²) < 4.78 is 82.3. The number of hydrogen-bond acceptors (Lipinski definition) is 15. The van der Waals surface area contributed by atoms with Crippen molar-refractivity contribution in [3.63, 3.8) is 0 Å². The fourth-order valence-corrected chi connectivity index (χ4v) is 11.1. The number of carbonyl (C=O) groups excluding carboxylic acids is 2. The van der Waals surface area contributed by atoms with Gasteiger partial charge in [0.25, 0.3) is 0 Å². The molecule has 0 bridgehead atoms. The number of carbonyl (C=O) groups is 2. The number of nitriles is 1. The normalized spacial score (nSPS) is 23.1. The van der Waals surface area contributed by atoms with Gasteiger partial charge >= 0.3 is 19.5 Å². The highest BCUT2D eigenvalue weighted by atomic mass is 35.5. The van der Waals surface area contributed by atoms with Gasteiger partial charge in [0.2, 0.25) is 13.6 Å². The minimum Gasteiger partial charge on any atom is -0.438 e. The van der Waals surface area contributed by atoms with Crippen LogP contribution in [-0.2, 0) is 56.7 Å². The Bertz CT molecular complexity index is 1820. The van der Waals surface area contributed by atoms with Gasteiger partial charge in [-0.3, -0.25) is 23.2 Å². The standard InChI is InChI=1S/C34H48ClN4O12PS/c1-20(2)13-26(40)45-17-47-52(42,48-18-46-27(41)14-21(3)4)19-53(43,44)16-25-29-30(51-34(5,6)50-29)33(49-25)39-12-11-23-28(37-22-9-7-8-10-22)24(15-36)31(35)38-32(23)39/h11-12,20-22,25,29-30,33H,7-10,13-14,16-19H2,1-6H3,(H,37,38)/t25-,29-,30-,33-/m1/s1. The van der Waals surface area contributed by atoms with Gasteiger partial charge in [0.05, 0.1) is 11.4 Å².